The molecule has 18 heavy (non-hydrogen) atoms. The number of hydrogen-bond acceptors (Lipinski definition) is 3. The molecule has 0 radical (unpaired) electrons. The van der Waals surface area contributed by atoms with Gasteiger partial charge in [0.05, 0.1) is 5.56 Å². The summed E-state index contributed by atoms with van der Waals surface area (Å²) < 4.78 is 13.7. The van der Waals surface area contributed by atoms with E-state index in [-0.39, 0.29) is 17.3 Å². The lowest BCUT2D eigenvalue weighted by molar-refractivity contribution is 0.0736. The standard InChI is InChI=1S/C13H20FN3O/c1-4-9(3)8-17(5-2)13(18)10-6-7-16-12(15)11(10)14/h6-7,9H,4-5,8H2,1-3H3,(H2,15,16). The first-order valence-corrected chi connectivity index (χ1v) is 6.20. The van der Waals surface area contributed by atoms with E-state index >= 15 is 0 Å². The second-order valence-corrected chi connectivity index (χ2v) is 4.41. The molecule has 5 heteroatoms. The number of rotatable bonds is 5. The molecule has 0 saturated heterocycles. The lowest BCUT2D eigenvalue weighted by Gasteiger charge is -2.24. The van der Waals surface area contributed by atoms with Gasteiger partial charge in [-0.1, -0.05) is 20.3 Å². The molecule has 0 fully saturated rings. The summed E-state index contributed by atoms with van der Waals surface area (Å²) >= 11 is 0. The number of hydrogen-bond donors (Lipinski definition) is 1. The van der Waals surface area contributed by atoms with Crippen molar-refractivity contribution in [3.8, 4) is 0 Å². The van der Waals surface area contributed by atoms with Gasteiger partial charge >= 0.3 is 0 Å². The molecule has 1 atom stereocenters. The van der Waals surface area contributed by atoms with E-state index in [1.807, 2.05) is 6.92 Å². The van der Waals surface area contributed by atoms with Crippen molar-refractivity contribution in [2.45, 2.75) is 27.2 Å². The second-order valence-electron chi connectivity index (χ2n) is 4.41. The Bertz CT molecular complexity index is 423. The van der Waals surface area contributed by atoms with E-state index in [0.29, 0.717) is 19.0 Å². The Balaban J connectivity index is 2.93. The average molecular weight is 253 g/mol. The number of carbonyl (C=O) groups excluding carboxylic acids is 1. The third kappa shape index (κ3) is 3.18. The summed E-state index contributed by atoms with van der Waals surface area (Å²) in [6.45, 7) is 7.17. The van der Waals surface area contributed by atoms with Crippen molar-refractivity contribution < 1.29 is 9.18 Å². The van der Waals surface area contributed by atoms with Gasteiger partial charge in [0.25, 0.3) is 5.91 Å². The van der Waals surface area contributed by atoms with Gasteiger partial charge < -0.3 is 10.6 Å². The molecule has 4 nitrogen and oxygen atoms in total. The van der Waals surface area contributed by atoms with E-state index in [0.717, 1.165) is 6.42 Å². The molecular formula is C13H20FN3O. The minimum Gasteiger partial charge on any atom is -0.381 e. The Kier molecular flexibility index (Phi) is 5.07. The Labute approximate surface area is 107 Å². The third-order valence-electron chi connectivity index (χ3n) is 3.04. The first-order chi connectivity index (χ1) is 8.51. The summed E-state index contributed by atoms with van der Waals surface area (Å²) in [5, 5.41) is 0. The lowest BCUT2D eigenvalue weighted by atomic mass is 10.1. The average Bonchev–Trinajstić information content (AvgIpc) is 2.38. The van der Waals surface area contributed by atoms with Crippen molar-refractivity contribution >= 4 is 11.7 Å². The van der Waals surface area contributed by atoms with E-state index < -0.39 is 5.82 Å². The van der Waals surface area contributed by atoms with Crippen molar-refractivity contribution in [2.75, 3.05) is 18.8 Å². The quantitative estimate of drug-likeness (QED) is 0.876. The van der Waals surface area contributed by atoms with Crippen molar-refractivity contribution in [3.63, 3.8) is 0 Å². The summed E-state index contributed by atoms with van der Waals surface area (Å²) in [5.41, 5.74) is 5.36. The van der Waals surface area contributed by atoms with Gasteiger partial charge in [-0.15, -0.1) is 0 Å². The molecule has 0 spiro atoms. The van der Waals surface area contributed by atoms with Crippen LogP contribution in [-0.2, 0) is 0 Å². The topological polar surface area (TPSA) is 59.2 Å². The fourth-order valence-corrected chi connectivity index (χ4v) is 1.66. The van der Waals surface area contributed by atoms with Crippen LogP contribution in [0.4, 0.5) is 10.2 Å². The zero-order valence-electron chi connectivity index (χ0n) is 11.1. The number of carbonyl (C=O) groups is 1. The third-order valence-corrected chi connectivity index (χ3v) is 3.04. The normalized spacial score (nSPS) is 12.2. The molecule has 1 aromatic rings. The molecule has 0 saturated carbocycles. The van der Waals surface area contributed by atoms with E-state index in [2.05, 4.69) is 18.8 Å². The number of nitrogens with zero attached hydrogens (tertiary/aromatic N) is 2. The minimum atomic E-state index is -0.731. The molecular weight excluding hydrogens is 233 g/mol. The maximum atomic E-state index is 13.7. The van der Waals surface area contributed by atoms with Crippen LogP contribution >= 0.6 is 0 Å². The fourth-order valence-electron chi connectivity index (χ4n) is 1.66. The number of halogens is 1. The molecule has 1 aromatic heterocycles. The van der Waals surface area contributed by atoms with Crippen molar-refractivity contribution in [3.05, 3.63) is 23.6 Å². The maximum absolute atomic E-state index is 13.7. The van der Waals surface area contributed by atoms with E-state index in [1.165, 1.54) is 12.3 Å². The maximum Gasteiger partial charge on any atom is 0.257 e. The largest absolute Gasteiger partial charge is 0.381 e. The zero-order chi connectivity index (χ0) is 13.7. The molecule has 0 aliphatic carbocycles. The van der Waals surface area contributed by atoms with E-state index in [9.17, 15) is 9.18 Å². The van der Waals surface area contributed by atoms with Gasteiger partial charge in [0.15, 0.2) is 11.6 Å². The number of amides is 1. The minimum absolute atomic E-state index is 0.00680. The van der Waals surface area contributed by atoms with Crippen LogP contribution < -0.4 is 5.73 Å². The first kappa shape index (κ1) is 14.4. The number of nitrogen functional groups attached to an aromatic ring is 1. The molecule has 0 aliphatic heterocycles. The number of pyridine rings is 1. The Morgan fingerprint density at radius 1 is 1.56 bits per heavy atom. The highest BCUT2D eigenvalue weighted by Crippen LogP contribution is 2.15. The van der Waals surface area contributed by atoms with Crippen LogP contribution in [0.15, 0.2) is 12.3 Å². The van der Waals surface area contributed by atoms with Crippen LogP contribution in [0.5, 0.6) is 0 Å². The van der Waals surface area contributed by atoms with Crippen molar-refractivity contribution in [2.24, 2.45) is 5.92 Å². The van der Waals surface area contributed by atoms with Gasteiger partial charge in [-0.25, -0.2) is 9.37 Å². The summed E-state index contributed by atoms with van der Waals surface area (Å²) in [6.07, 6.45) is 2.33. The predicted octanol–water partition coefficient (Wildman–Crippen LogP) is 2.31. The smallest absolute Gasteiger partial charge is 0.257 e. The number of nitrogens with two attached hydrogens (primary N) is 1. The van der Waals surface area contributed by atoms with E-state index in [4.69, 9.17) is 5.73 Å². The Morgan fingerprint density at radius 3 is 2.78 bits per heavy atom. The summed E-state index contributed by atoms with van der Waals surface area (Å²) in [7, 11) is 0. The van der Waals surface area contributed by atoms with Gasteiger partial charge in [0.2, 0.25) is 0 Å². The first-order valence-electron chi connectivity index (χ1n) is 6.20. The highest BCUT2D eigenvalue weighted by Gasteiger charge is 2.20. The molecule has 2 N–H and O–H groups in total. The predicted molar refractivity (Wildman–Crippen MR) is 69.6 cm³/mol. The van der Waals surface area contributed by atoms with Gasteiger partial charge in [-0.05, 0) is 18.9 Å². The van der Waals surface area contributed by atoms with Crippen molar-refractivity contribution in [1.82, 2.24) is 9.88 Å². The highest BCUT2D eigenvalue weighted by molar-refractivity contribution is 5.95. The molecule has 1 amide bonds. The van der Waals surface area contributed by atoms with Gasteiger partial charge in [0.1, 0.15) is 0 Å². The van der Waals surface area contributed by atoms with Gasteiger partial charge in [-0.2, -0.15) is 0 Å². The Hall–Kier alpha value is -1.65. The van der Waals surface area contributed by atoms with Crippen LogP contribution in [-0.4, -0.2) is 28.9 Å². The van der Waals surface area contributed by atoms with Crippen LogP contribution in [0.3, 0.4) is 0 Å². The van der Waals surface area contributed by atoms with Crippen molar-refractivity contribution in [1.29, 1.82) is 0 Å². The monoisotopic (exact) mass is 253 g/mol. The Morgan fingerprint density at radius 2 is 2.22 bits per heavy atom. The van der Waals surface area contributed by atoms with Gasteiger partial charge in [0, 0.05) is 19.3 Å². The molecule has 0 aliphatic rings. The lowest BCUT2D eigenvalue weighted by Crippen LogP contribution is -2.35. The molecule has 0 bridgehead atoms. The van der Waals surface area contributed by atoms with Crippen LogP contribution in [0.25, 0.3) is 0 Å². The fraction of sp³-hybridized carbons (Fsp3) is 0.538. The zero-order valence-corrected chi connectivity index (χ0v) is 11.1. The summed E-state index contributed by atoms with van der Waals surface area (Å²) in [5.74, 6) is -0.911. The SMILES string of the molecule is CCC(C)CN(CC)C(=O)c1ccnc(N)c1F. The second kappa shape index (κ2) is 6.33. The molecule has 0 aromatic carbocycles. The molecule has 1 rings (SSSR count). The van der Waals surface area contributed by atoms with E-state index in [1.54, 1.807) is 4.90 Å². The van der Waals surface area contributed by atoms with Crippen LogP contribution in [0, 0.1) is 11.7 Å². The molecule has 1 unspecified atom stereocenters. The number of aromatic nitrogens is 1. The van der Waals surface area contributed by atoms with Gasteiger partial charge in [-0.3, -0.25) is 4.79 Å². The molecule has 1 heterocycles. The summed E-state index contributed by atoms with van der Waals surface area (Å²) in [4.78, 5) is 17.5. The molecule has 100 valence electrons. The highest BCUT2D eigenvalue weighted by atomic mass is 19.1. The van der Waals surface area contributed by atoms with Crippen LogP contribution in [0.1, 0.15) is 37.6 Å². The summed E-state index contributed by atoms with van der Waals surface area (Å²) in [6, 6.07) is 1.37. The van der Waals surface area contributed by atoms with Crippen LogP contribution in [0.2, 0.25) is 0 Å². The number of anilines is 1.